The Bertz CT molecular complexity index is 454. The Morgan fingerprint density at radius 3 is 2.82 bits per heavy atom. The summed E-state index contributed by atoms with van der Waals surface area (Å²) in [6, 6.07) is 9.88. The van der Waals surface area contributed by atoms with Crippen molar-refractivity contribution in [1.82, 2.24) is 10.3 Å². The zero-order valence-corrected chi connectivity index (χ0v) is 10.9. The third kappa shape index (κ3) is 4.13. The molecule has 0 saturated carbocycles. The Balaban J connectivity index is 1.71. The average molecular weight is 263 g/mol. The number of thiazole rings is 1. The molecule has 0 aliphatic heterocycles. The molecule has 0 aliphatic rings. The number of rotatable bonds is 4. The third-order valence-electron chi connectivity index (χ3n) is 2.18. The molecule has 0 radical (unpaired) electrons. The van der Waals surface area contributed by atoms with Crippen LogP contribution in [0.5, 0.6) is 0 Å². The summed E-state index contributed by atoms with van der Waals surface area (Å²) >= 11 is 6.80. The smallest absolute Gasteiger partial charge is 0.170 e. The molecule has 0 spiro atoms. The third-order valence-corrected chi connectivity index (χ3v) is 3.06. The molecule has 88 valence electrons. The van der Waals surface area contributed by atoms with Gasteiger partial charge in [0.05, 0.1) is 11.2 Å². The molecule has 2 rings (SSSR count). The van der Waals surface area contributed by atoms with Crippen molar-refractivity contribution in [2.24, 2.45) is 0 Å². The van der Waals surface area contributed by atoms with E-state index in [0.717, 1.165) is 24.3 Å². The minimum absolute atomic E-state index is 0.645. The van der Waals surface area contributed by atoms with Gasteiger partial charge in [-0.05, 0) is 24.4 Å². The van der Waals surface area contributed by atoms with Gasteiger partial charge in [-0.1, -0.05) is 18.2 Å². The number of hydrogen-bond donors (Lipinski definition) is 2. The summed E-state index contributed by atoms with van der Waals surface area (Å²) in [5, 5.41) is 8.97. The maximum absolute atomic E-state index is 5.19. The first kappa shape index (κ1) is 12.0. The van der Waals surface area contributed by atoms with Gasteiger partial charge in [0.15, 0.2) is 5.11 Å². The second kappa shape index (κ2) is 6.32. The van der Waals surface area contributed by atoms with Crippen LogP contribution in [0.4, 0.5) is 5.69 Å². The van der Waals surface area contributed by atoms with Crippen molar-refractivity contribution in [2.45, 2.75) is 6.42 Å². The van der Waals surface area contributed by atoms with Crippen LogP contribution in [0.2, 0.25) is 0 Å². The summed E-state index contributed by atoms with van der Waals surface area (Å²) in [5.41, 5.74) is 3.94. The van der Waals surface area contributed by atoms with Crippen LogP contribution in [0.15, 0.2) is 41.2 Å². The van der Waals surface area contributed by atoms with E-state index in [4.69, 9.17) is 12.2 Å². The Kier molecular flexibility index (Phi) is 4.46. The van der Waals surface area contributed by atoms with Crippen LogP contribution >= 0.6 is 23.6 Å². The lowest BCUT2D eigenvalue weighted by molar-refractivity contribution is 0.854. The second-order valence-corrected chi connectivity index (χ2v) is 4.60. The molecule has 2 aromatic rings. The zero-order valence-electron chi connectivity index (χ0n) is 9.22. The minimum atomic E-state index is 0.645. The van der Waals surface area contributed by atoms with Crippen molar-refractivity contribution >= 4 is 34.4 Å². The van der Waals surface area contributed by atoms with Crippen LogP contribution in [-0.2, 0) is 6.42 Å². The molecule has 0 amide bonds. The van der Waals surface area contributed by atoms with Crippen LogP contribution in [0.3, 0.4) is 0 Å². The van der Waals surface area contributed by atoms with Gasteiger partial charge in [0.2, 0.25) is 0 Å². The SMILES string of the molecule is S=C(NCCc1cscn1)Nc1ccccc1. The number of para-hydroxylation sites is 1. The molecule has 1 aromatic carbocycles. The predicted octanol–water partition coefficient (Wildman–Crippen LogP) is 2.67. The molecule has 0 aliphatic carbocycles. The van der Waals surface area contributed by atoms with Crippen molar-refractivity contribution in [3.8, 4) is 0 Å². The van der Waals surface area contributed by atoms with E-state index in [0.29, 0.717) is 5.11 Å². The fourth-order valence-electron chi connectivity index (χ4n) is 1.36. The molecule has 1 heterocycles. The van der Waals surface area contributed by atoms with Crippen LogP contribution in [0.25, 0.3) is 0 Å². The lowest BCUT2D eigenvalue weighted by Gasteiger charge is -2.09. The topological polar surface area (TPSA) is 37.0 Å². The van der Waals surface area contributed by atoms with Gasteiger partial charge in [-0.15, -0.1) is 11.3 Å². The Hall–Kier alpha value is -1.46. The van der Waals surface area contributed by atoms with E-state index in [2.05, 4.69) is 21.0 Å². The van der Waals surface area contributed by atoms with E-state index >= 15 is 0 Å². The average Bonchev–Trinajstić information content (AvgIpc) is 2.83. The van der Waals surface area contributed by atoms with E-state index < -0.39 is 0 Å². The molecular weight excluding hydrogens is 250 g/mol. The fraction of sp³-hybridized carbons (Fsp3) is 0.167. The maximum atomic E-state index is 5.19. The number of anilines is 1. The number of nitrogens with zero attached hydrogens (tertiary/aromatic N) is 1. The molecule has 1 aromatic heterocycles. The van der Waals surface area contributed by atoms with E-state index in [9.17, 15) is 0 Å². The first-order chi connectivity index (χ1) is 8.34. The summed E-state index contributed by atoms with van der Waals surface area (Å²) in [5.74, 6) is 0. The number of aromatic nitrogens is 1. The second-order valence-electron chi connectivity index (χ2n) is 3.48. The zero-order chi connectivity index (χ0) is 11.9. The molecule has 0 fully saturated rings. The molecule has 0 bridgehead atoms. The summed E-state index contributed by atoms with van der Waals surface area (Å²) in [6.07, 6.45) is 0.889. The van der Waals surface area contributed by atoms with Gasteiger partial charge in [-0.25, -0.2) is 4.98 Å². The molecule has 0 saturated heterocycles. The number of thiocarbonyl (C=S) groups is 1. The quantitative estimate of drug-likeness (QED) is 0.832. The normalized spacial score (nSPS) is 9.88. The Labute approximate surface area is 110 Å². The van der Waals surface area contributed by atoms with Gasteiger partial charge in [0, 0.05) is 24.0 Å². The molecule has 2 N–H and O–H groups in total. The van der Waals surface area contributed by atoms with E-state index in [1.807, 2.05) is 35.8 Å². The van der Waals surface area contributed by atoms with Crippen molar-refractivity contribution in [3.05, 3.63) is 46.9 Å². The molecule has 0 unspecified atom stereocenters. The molecule has 0 atom stereocenters. The summed E-state index contributed by atoms with van der Waals surface area (Å²) < 4.78 is 0. The van der Waals surface area contributed by atoms with Crippen molar-refractivity contribution in [3.63, 3.8) is 0 Å². The molecule has 5 heteroatoms. The van der Waals surface area contributed by atoms with Gasteiger partial charge in [0.1, 0.15) is 0 Å². The Morgan fingerprint density at radius 2 is 2.12 bits per heavy atom. The van der Waals surface area contributed by atoms with Gasteiger partial charge in [0.25, 0.3) is 0 Å². The molecular formula is C12H13N3S2. The number of hydrogen-bond acceptors (Lipinski definition) is 3. The predicted molar refractivity (Wildman–Crippen MR) is 76.5 cm³/mol. The van der Waals surface area contributed by atoms with E-state index in [1.54, 1.807) is 11.3 Å². The lowest BCUT2D eigenvalue weighted by Crippen LogP contribution is -2.30. The summed E-state index contributed by atoms with van der Waals surface area (Å²) in [4.78, 5) is 4.21. The van der Waals surface area contributed by atoms with Crippen LogP contribution in [0, 0.1) is 0 Å². The fourth-order valence-corrected chi connectivity index (χ4v) is 2.17. The summed E-state index contributed by atoms with van der Waals surface area (Å²) in [7, 11) is 0. The van der Waals surface area contributed by atoms with Crippen molar-refractivity contribution in [2.75, 3.05) is 11.9 Å². The first-order valence-corrected chi connectivity index (χ1v) is 6.66. The van der Waals surface area contributed by atoms with Gasteiger partial charge in [-0.3, -0.25) is 0 Å². The van der Waals surface area contributed by atoms with Crippen molar-refractivity contribution in [1.29, 1.82) is 0 Å². The summed E-state index contributed by atoms with van der Waals surface area (Å²) in [6.45, 7) is 0.794. The highest BCUT2D eigenvalue weighted by atomic mass is 32.1. The largest absolute Gasteiger partial charge is 0.362 e. The van der Waals surface area contributed by atoms with Crippen LogP contribution in [-0.4, -0.2) is 16.6 Å². The lowest BCUT2D eigenvalue weighted by atomic mass is 10.3. The standard InChI is InChI=1S/C12H13N3S2/c16-12(15-10-4-2-1-3-5-10)13-7-6-11-8-17-9-14-11/h1-5,8-9H,6-7H2,(H2,13,15,16). The van der Waals surface area contributed by atoms with Crippen LogP contribution < -0.4 is 10.6 Å². The van der Waals surface area contributed by atoms with E-state index in [-0.39, 0.29) is 0 Å². The number of benzene rings is 1. The molecule has 17 heavy (non-hydrogen) atoms. The highest BCUT2D eigenvalue weighted by Gasteiger charge is 1.98. The Morgan fingerprint density at radius 1 is 1.29 bits per heavy atom. The van der Waals surface area contributed by atoms with E-state index in [1.165, 1.54) is 0 Å². The van der Waals surface area contributed by atoms with Crippen molar-refractivity contribution < 1.29 is 0 Å². The monoisotopic (exact) mass is 263 g/mol. The first-order valence-electron chi connectivity index (χ1n) is 5.31. The highest BCUT2D eigenvalue weighted by Crippen LogP contribution is 2.04. The van der Waals surface area contributed by atoms with Gasteiger partial charge in [-0.2, -0.15) is 0 Å². The van der Waals surface area contributed by atoms with Gasteiger partial charge >= 0.3 is 0 Å². The van der Waals surface area contributed by atoms with Gasteiger partial charge < -0.3 is 10.6 Å². The highest BCUT2D eigenvalue weighted by molar-refractivity contribution is 7.80. The minimum Gasteiger partial charge on any atom is -0.362 e. The number of nitrogens with one attached hydrogen (secondary N) is 2. The maximum Gasteiger partial charge on any atom is 0.170 e. The van der Waals surface area contributed by atoms with Crippen LogP contribution in [0.1, 0.15) is 5.69 Å². The molecule has 3 nitrogen and oxygen atoms in total.